The maximum Gasteiger partial charge on any atom is 0.321 e. The molecular formula is C27H35N5O5. The molecule has 0 bridgehead atoms. The van der Waals surface area contributed by atoms with Gasteiger partial charge in [0.05, 0.1) is 13.8 Å². The lowest BCUT2D eigenvalue weighted by Crippen LogP contribution is -2.58. The van der Waals surface area contributed by atoms with E-state index in [2.05, 4.69) is 15.5 Å². The fourth-order valence-electron chi connectivity index (χ4n) is 4.95. The third-order valence-corrected chi connectivity index (χ3v) is 6.98. The normalized spacial score (nSPS) is 16.7. The van der Waals surface area contributed by atoms with Gasteiger partial charge in [0.25, 0.3) is 5.91 Å². The van der Waals surface area contributed by atoms with Crippen LogP contribution < -0.4 is 20.3 Å². The summed E-state index contributed by atoms with van der Waals surface area (Å²) < 4.78 is 10.2. The smallest absolute Gasteiger partial charge is 0.321 e. The van der Waals surface area contributed by atoms with E-state index in [9.17, 15) is 14.4 Å². The molecule has 2 aliphatic rings. The van der Waals surface area contributed by atoms with Gasteiger partial charge in [0, 0.05) is 44.7 Å². The molecule has 2 N–H and O–H groups in total. The standard InChI is InChI=1S/C27H35N5O5/c1-36-18-6-15-28-24(33)19-31-20-32(22-7-4-3-5-8-22)27(25(31)34)13-16-30(17-14-27)26(35)29-21-9-11-23(37-2)12-10-21/h3-5,7-12H,6,13-20H2,1-2H3,(H,28,33)(H,29,35). The Bertz CT molecular complexity index is 1070. The predicted octanol–water partition coefficient (Wildman–Crippen LogP) is 2.52. The predicted molar refractivity (Wildman–Crippen MR) is 141 cm³/mol. The average Bonchev–Trinajstić information content (AvgIpc) is 3.18. The molecule has 0 aliphatic carbocycles. The zero-order valence-corrected chi connectivity index (χ0v) is 21.4. The third-order valence-electron chi connectivity index (χ3n) is 6.98. The lowest BCUT2D eigenvalue weighted by atomic mass is 9.85. The van der Waals surface area contributed by atoms with Crippen molar-refractivity contribution in [2.45, 2.75) is 24.8 Å². The van der Waals surface area contributed by atoms with Crippen molar-refractivity contribution in [3.8, 4) is 5.75 Å². The van der Waals surface area contributed by atoms with Crippen LogP contribution in [-0.2, 0) is 14.3 Å². The number of benzene rings is 2. The monoisotopic (exact) mass is 509 g/mol. The molecule has 2 aromatic rings. The van der Waals surface area contributed by atoms with E-state index in [4.69, 9.17) is 9.47 Å². The summed E-state index contributed by atoms with van der Waals surface area (Å²) in [6.45, 7) is 2.24. The number of nitrogens with zero attached hydrogens (tertiary/aromatic N) is 3. The van der Waals surface area contributed by atoms with E-state index in [0.717, 1.165) is 5.69 Å². The molecule has 1 spiro atoms. The molecule has 0 atom stereocenters. The topological polar surface area (TPSA) is 103 Å². The van der Waals surface area contributed by atoms with Crippen LogP contribution in [0.2, 0.25) is 0 Å². The number of carbonyl (C=O) groups excluding carboxylic acids is 3. The van der Waals surface area contributed by atoms with Crippen molar-refractivity contribution in [2.24, 2.45) is 0 Å². The first-order valence-electron chi connectivity index (χ1n) is 12.5. The van der Waals surface area contributed by atoms with Gasteiger partial charge in [-0.15, -0.1) is 0 Å². The van der Waals surface area contributed by atoms with Crippen molar-refractivity contribution < 1.29 is 23.9 Å². The van der Waals surface area contributed by atoms with E-state index in [1.807, 2.05) is 30.3 Å². The quantitative estimate of drug-likeness (QED) is 0.504. The van der Waals surface area contributed by atoms with Crippen LogP contribution >= 0.6 is 0 Å². The van der Waals surface area contributed by atoms with Crippen LogP contribution in [0.1, 0.15) is 19.3 Å². The van der Waals surface area contributed by atoms with E-state index in [0.29, 0.717) is 63.6 Å². The van der Waals surface area contributed by atoms with Crippen LogP contribution in [0.5, 0.6) is 5.75 Å². The second-order valence-electron chi connectivity index (χ2n) is 9.28. The average molecular weight is 510 g/mol. The van der Waals surface area contributed by atoms with Gasteiger partial charge in [-0.3, -0.25) is 9.59 Å². The Balaban J connectivity index is 1.43. The van der Waals surface area contributed by atoms with Crippen molar-refractivity contribution in [3.63, 3.8) is 0 Å². The highest BCUT2D eigenvalue weighted by Crippen LogP contribution is 2.39. The summed E-state index contributed by atoms with van der Waals surface area (Å²) in [5.41, 5.74) is 0.806. The van der Waals surface area contributed by atoms with E-state index in [1.54, 1.807) is 48.3 Å². The van der Waals surface area contributed by atoms with Crippen molar-refractivity contribution in [1.29, 1.82) is 0 Å². The Kier molecular flexibility index (Phi) is 8.50. The van der Waals surface area contributed by atoms with Gasteiger partial charge in [-0.25, -0.2) is 4.79 Å². The zero-order chi connectivity index (χ0) is 26.3. The number of urea groups is 1. The second kappa shape index (κ2) is 12.0. The zero-order valence-electron chi connectivity index (χ0n) is 21.4. The highest BCUT2D eigenvalue weighted by Gasteiger charge is 2.54. The molecule has 2 fully saturated rings. The maximum atomic E-state index is 13.8. The minimum Gasteiger partial charge on any atom is -0.497 e. The van der Waals surface area contributed by atoms with Crippen molar-refractivity contribution in [2.75, 3.05) is 63.9 Å². The Morgan fingerprint density at radius 1 is 1.00 bits per heavy atom. The van der Waals surface area contributed by atoms with Gasteiger partial charge in [-0.2, -0.15) is 0 Å². The Hall–Kier alpha value is -3.79. The molecule has 0 saturated carbocycles. The number of para-hydroxylation sites is 1. The van der Waals surface area contributed by atoms with Crippen LogP contribution in [0.25, 0.3) is 0 Å². The van der Waals surface area contributed by atoms with Gasteiger partial charge < -0.3 is 34.8 Å². The highest BCUT2D eigenvalue weighted by molar-refractivity contribution is 5.97. The summed E-state index contributed by atoms with van der Waals surface area (Å²) in [5.74, 6) is 0.455. The van der Waals surface area contributed by atoms with Crippen LogP contribution in [0.3, 0.4) is 0 Å². The molecule has 0 unspecified atom stereocenters. The highest BCUT2D eigenvalue weighted by atomic mass is 16.5. The number of nitrogens with one attached hydrogen (secondary N) is 2. The lowest BCUT2D eigenvalue weighted by Gasteiger charge is -2.43. The molecule has 2 aliphatic heterocycles. The SMILES string of the molecule is COCCCNC(=O)CN1CN(c2ccccc2)C2(CCN(C(=O)Nc3ccc(OC)cc3)CC2)C1=O. The van der Waals surface area contributed by atoms with Crippen LogP contribution in [0.4, 0.5) is 16.2 Å². The molecule has 10 nitrogen and oxygen atoms in total. The fraction of sp³-hybridized carbons (Fsp3) is 0.444. The van der Waals surface area contributed by atoms with Gasteiger partial charge >= 0.3 is 6.03 Å². The number of methoxy groups -OCH3 is 2. The number of hydrogen-bond donors (Lipinski definition) is 2. The molecule has 2 heterocycles. The van der Waals surface area contributed by atoms with E-state index in [-0.39, 0.29) is 24.4 Å². The molecule has 2 aromatic carbocycles. The Morgan fingerprint density at radius 2 is 1.70 bits per heavy atom. The number of likely N-dealkylation sites (tertiary alicyclic amines) is 1. The van der Waals surface area contributed by atoms with E-state index >= 15 is 0 Å². The number of piperidine rings is 1. The second-order valence-corrected chi connectivity index (χ2v) is 9.28. The molecule has 4 rings (SSSR count). The number of amides is 4. The van der Waals surface area contributed by atoms with Crippen LogP contribution in [0, 0.1) is 0 Å². The Morgan fingerprint density at radius 3 is 2.35 bits per heavy atom. The van der Waals surface area contributed by atoms with Gasteiger partial charge in [0.2, 0.25) is 5.91 Å². The summed E-state index contributed by atoms with van der Waals surface area (Å²) in [7, 11) is 3.22. The molecule has 2 saturated heterocycles. The number of hydrogen-bond acceptors (Lipinski definition) is 6. The van der Waals surface area contributed by atoms with Gasteiger partial charge in [0.15, 0.2) is 0 Å². The summed E-state index contributed by atoms with van der Waals surface area (Å²) in [4.78, 5) is 44.7. The molecular weight excluding hydrogens is 474 g/mol. The summed E-state index contributed by atoms with van der Waals surface area (Å²) >= 11 is 0. The number of carbonyl (C=O) groups is 3. The molecule has 4 amide bonds. The minimum absolute atomic E-state index is 0.00142. The van der Waals surface area contributed by atoms with Gasteiger partial charge in [0.1, 0.15) is 17.8 Å². The van der Waals surface area contributed by atoms with Gasteiger partial charge in [-0.05, 0) is 55.7 Å². The summed E-state index contributed by atoms with van der Waals surface area (Å²) in [6, 6.07) is 16.7. The number of ether oxygens (including phenoxy) is 2. The molecule has 0 aromatic heterocycles. The van der Waals surface area contributed by atoms with Crippen molar-refractivity contribution in [3.05, 3.63) is 54.6 Å². The molecule has 0 radical (unpaired) electrons. The van der Waals surface area contributed by atoms with E-state index < -0.39 is 5.54 Å². The third kappa shape index (κ3) is 5.96. The molecule has 198 valence electrons. The van der Waals surface area contributed by atoms with Gasteiger partial charge in [-0.1, -0.05) is 18.2 Å². The van der Waals surface area contributed by atoms with Crippen molar-refractivity contribution in [1.82, 2.24) is 15.1 Å². The summed E-state index contributed by atoms with van der Waals surface area (Å²) in [6.07, 6.45) is 1.66. The first kappa shape index (κ1) is 26.3. The lowest BCUT2D eigenvalue weighted by molar-refractivity contribution is -0.137. The summed E-state index contributed by atoms with van der Waals surface area (Å²) in [5, 5.41) is 5.78. The van der Waals surface area contributed by atoms with Crippen LogP contribution in [0.15, 0.2) is 54.6 Å². The fourth-order valence-corrected chi connectivity index (χ4v) is 4.95. The largest absolute Gasteiger partial charge is 0.497 e. The minimum atomic E-state index is -0.797. The number of anilines is 2. The Labute approximate surface area is 217 Å². The maximum absolute atomic E-state index is 13.8. The first-order valence-corrected chi connectivity index (χ1v) is 12.5. The van der Waals surface area contributed by atoms with E-state index in [1.165, 1.54) is 0 Å². The van der Waals surface area contributed by atoms with Crippen LogP contribution in [-0.4, -0.2) is 86.9 Å². The van der Waals surface area contributed by atoms with Crippen molar-refractivity contribution >= 4 is 29.2 Å². The molecule has 10 heteroatoms. The first-order chi connectivity index (χ1) is 18.0. The number of rotatable bonds is 9. The molecule has 37 heavy (non-hydrogen) atoms.